The quantitative estimate of drug-likeness (QED) is 0.494. The van der Waals surface area contributed by atoms with Gasteiger partial charge in [-0.15, -0.1) is 0 Å². The zero-order valence-corrected chi connectivity index (χ0v) is 18.0. The first kappa shape index (κ1) is 22.8. The summed E-state index contributed by atoms with van der Waals surface area (Å²) in [6.45, 7) is -2.90. The van der Waals surface area contributed by atoms with Crippen molar-refractivity contribution in [1.29, 1.82) is 0 Å². The van der Waals surface area contributed by atoms with E-state index in [0.717, 1.165) is 5.56 Å². The molecule has 1 aliphatic rings. The standard InChI is InChI=1S/C23H19F3N2O4S/c24-18-2-1-3-19(12-18)31-22-9-4-15(13-27-22)14-28-33(29,30)21-8-6-16-10-20(32-23(25)26)7-5-17(16)11-21/h1-5,7,9-13,23,28H,6,8,14H2. The molecular weight excluding hydrogens is 457 g/mol. The largest absolute Gasteiger partial charge is 0.439 e. The van der Waals surface area contributed by atoms with Crippen molar-refractivity contribution in [3.63, 3.8) is 0 Å². The Balaban J connectivity index is 1.39. The molecule has 6 nitrogen and oxygen atoms in total. The van der Waals surface area contributed by atoms with E-state index in [4.69, 9.17) is 4.74 Å². The lowest BCUT2D eigenvalue weighted by Crippen LogP contribution is -2.25. The summed E-state index contributed by atoms with van der Waals surface area (Å²) >= 11 is 0. The number of aryl methyl sites for hydroxylation is 1. The average molecular weight is 476 g/mol. The Morgan fingerprint density at radius 2 is 1.88 bits per heavy atom. The smallest absolute Gasteiger partial charge is 0.387 e. The summed E-state index contributed by atoms with van der Waals surface area (Å²) in [6, 6.07) is 13.3. The highest BCUT2D eigenvalue weighted by atomic mass is 32.2. The summed E-state index contributed by atoms with van der Waals surface area (Å²) in [5.41, 5.74) is 1.99. The van der Waals surface area contributed by atoms with Crippen molar-refractivity contribution in [2.45, 2.75) is 26.0 Å². The van der Waals surface area contributed by atoms with Gasteiger partial charge in [0.25, 0.3) is 0 Å². The van der Waals surface area contributed by atoms with E-state index < -0.39 is 22.5 Å². The van der Waals surface area contributed by atoms with Crippen molar-refractivity contribution in [1.82, 2.24) is 9.71 Å². The topological polar surface area (TPSA) is 77.5 Å². The van der Waals surface area contributed by atoms with E-state index in [9.17, 15) is 21.6 Å². The number of halogens is 3. The van der Waals surface area contributed by atoms with Crippen molar-refractivity contribution < 1.29 is 31.1 Å². The Hall–Kier alpha value is -3.37. The molecule has 10 heteroatoms. The molecule has 0 amide bonds. The van der Waals surface area contributed by atoms with Crippen LogP contribution in [0.15, 0.2) is 65.7 Å². The van der Waals surface area contributed by atoms with E-state index >= 15 is 0 Å². The molecule has 0 aliphatic heterocycles. The van der Waals surface area contributed by atoms with Gasteiger partial charge in [-0.3, -0.25) is 0 Å². The molecule has 0 saturated heterocycles. The number of fused-ring (bicyclic) bond motifs is 1. The van der Waals surface area contributed by atoms with Crippen LogP contribution in [-0.2, 0) is 23.0 Å². The molecular formula is C23H19F3N2O4S. The number of hydrogen-bond acceptors (Lipinski definition) is 5. The molecule has 1 heterocycles. The van der Waals surface area contributed by atoms with Gasteiger partial charge in [-0.25, -0.2) is 22.5 Å². The molecule has 0 atom stereocenters. The Morgan fingerprint density at radius 1 is 1.03 bits per heavy atom. The third kappa shape index (κ3) is 5.91. The number of nitrogens with one attached hydrogen (secondary N) is 1. The summed E-state index contributed by atoms with van der Waals surface area (Å²) < 4.78 is 75.9. The predicted octanol–water partition coefficient (Wildman–Crippen LogP) is 5.02. The summed E-state index contributed by atoms with van der Waals surface area (Å²) in [7, 11) is -3.76. The van der Waals surface area contributed by atoms with Crippen molar-refractivity contribution >= 4 is 16.1 Å². The fourth-order valence-corrected chi connectivity index (χ4v) is 4.52. The second-order valence-corrected chi connectivity index (χ2v) is 9.06. The molecule has 0 saturated carbocycles. The first-order chi connectivity index (χ1) is 15.8. The van der Waals surface area contributed by atoms with Gasteiger partial charge in [-0.2, -0.15) is 8.78 Å². The lowest BCUT2D eigenvalue weighted by Gasteiger charge is -2.18. The summed E-state index contributed by atoms with van der Waals surface area (Å²) in [4.78, 5) is 4.32. The molecule has 1 aliphatic carbocycles. The first-order valence-corrected chi connectivity index (χ1v) is 11.4. The van der Waals surface area contributed by atoms with Gasteiger partial charge < -0.3 is 9.47 Å². The molecule has 33 heavy (non-hydrogen) atoms. The number of hydrogen-bond donors (Lipinski definition) is 1. The van der Waals surface area contributed by atoms with Crippen molar-refractivity contribution in [3.05, 3.63) is 88.2 Å². The maximum absolute atomic E-state index is 13.2. The van der Waals surface area contributed by atoms with Crippen molar-refractivity contribution in [3.8, 4) is 17.4 Å². The molecule has 2 aromatic carbocycles. The normalized spacial score (nSPS) is 13.4. The Bertz CT molecular complexity index is 1280. The summed E-state index contributed by atoms with van der Waals surface area (Å²) in [5, 5.41) is 0. The van der Waals surface area contributed by atoms with Gasteiger partial charge in [0.2, 0.25) is 15.9 Å². The van der Waals surface area contributed by atoms with Crippen LogP contribution in [0.1, 0.15) is 23.1 Å². The molecule has 0 radical (unpaired) electrons. The minimum atomic E-state index is -3.76. The number of sulfonamides is 1. The molecule has 4 rings (SSSR count). The average Bonchev–Trinajstić information content (AvgIpc) is 2.78. The molecule has 172 valence electrons. The molecule has 0 spiro atoms. The van der Waals surface area contributed by atoms with Crippen LogP contribution in [0.3, 0.4) is 0 Å². The minimum absolute atomic E-state index is 0.0148. The Kier molecular flexibility index (Phi) is 6.66. The van der Waals surface area contributed by atoms with E-state index in [1.54, 1.807) is 24.3 Å². The third-order valence-corrected chi connectivity index (χ3v) is 6.46. The number of alkyl halides is 2. The van der Waals surface area contributed by atoms with Gasteiger partial charge in [0.15, 0.2) is 0 Å². The van der Waals surface area contributed by atoms with Crippen LogP contribution in [0.5, 0.6) is 17.4 Å². The maximum Gasteiger partial charge on any atom is 0.387 e. The number of pyridine rings is 1. The number of rotatable bonds is 8. The highest BCUT2D eigenvalue weighted by molar-refractivity contribution is 7.93. The summed E-state index contributed by atoms with van der Waals surface area (Å²) in [6.07, 6.45) is 3.61. The van der Waals surface area contributed by atoms with Crippen LogP contribution in [0.25, 0.3) is 6.08 Å². The molecule has 0 unspecified atom stereocenters. The minimum Gasteiger partial charge on any atom is -0.439 e. The lowest BCUT2D eigenvalue weighted by atomic mass is 9.97. The predicted molar refractivity (Wildman–Crippen MR) is 116 cm³/mol. The van der Waals surface area contributed by atoms with E-state index in [1.165, 1.54) is 42.6 Å². The second-order valence-electron chi connectivity index (χ2n) is 7.24. The molecule has 1 N–H and O–H groups in total. The van der Waals surface area contributed by atoms with Gasteiger partial charge in [0, 0.05) is 24.9 Å². The Morgan fingerprint density at radius 3 is 2.61 bits per heavy atom. The van der Waals surface area contributed by atoms with Gasteiger partial charge >= 0.3 is 6.61 Å². The molecule has 0 bridgehead atoms. The SMILES string of the molecule is O=S(=O)(NCc1ccc(Oc2cccc(F)c2)nc1)C1=Cc2ccc(OC(F)F)cc2CC1. The van der Waals surface area contributed by atoms with E-state index in [0.29, 0.717) is 23.3 Å². The van der Waals surface area contributed by atoms with Crippen LogP contribution in [0, 0.1) is 5.82 Å². The number of nitrogens with zero attached hydrogens (tertiary/aromatic N) is 1. The number of benzene rings is 2. The van der Waals surface area contributed by atoms with Crippen LogP contribution < -0.4 is 14.2 Å². The lowest BCUT2D eigenvalue weighted by molar-refractivity contribution is -0.0498. The third-order valence-electron chi connectivity index (χ3n) is 4.92. The van der Waals surface area contributed by atoms with Crippen LogP contribution >= 0.6 is 0 Å². The maximum atomic E-state index is 13.2. The zero-order valence-electron chi connectivity index (χ0n) is 17.2. The van der Waals surface area contributed by atoms with Gasteiger partial charge in [-0.05, 0) is 59.9 Å². The van der Waals surface area contributed by atoms with Crippen LogP contribution in [-0.4, -0.2) is 20.0 Å². The second kappa shape index (κ2) is 9.63. The highest BCUT2D eigenvalue weighted by Crippen LogP contribution is 2.30. The van der Waals surface area contributed by atoms with Crippen molar-refractivity contribution in [2.24, 2.45) is 0 Å². The molecule has 3 aromatic rings. The van der Waals surface area contributed by atoms with Crippen LogP contribution in [0.4, 0.5) is 13.2 Å². The highest BCUT2D eigenvalue weighted by Gasteiger charge is 2.22. The van der Waals surface area contributed by atoms with E-state index in [2.05, 4.69) is 14.4 Å². The molecule has 0 fully saturated rings. The van der Waals surface area contributed by atoms with E-state index in [-0.39, 0.29) is 29.5 Å². The van der Waals surface area contributed by atoms with E-state index in [1.807, 2.05) is 0 Å². The summed E-state index contributed by atoms with van der Waals surface area (Å²) in [5.74, 6) is 0.154. The number of ether oxygens (including phenoxy) is 2. The first-order valence-electron chi connectivity index (χ1n) is 9.95. The molecule has 1 aromatic heterocycles. The van der Waals surface area contributed by atoms with Gasteiger partial charge in [0.1, 0.15) is 17.3 Å². The van der Waals surface area contributed by atoms with Gasteiger partial charge in [0.05, 0.1) is 4.91 Å². The fraction of sp³-hybridized carbons (Fsp3) is 0.174. The zero-order chi connectivity index (χ0) is 23.4. The fourth-order valence-electron chi connectivity index (χ4n) is 3.33. The van der Waals surface area contributed by atoms with Crippen LogP contribution in [0.2, 0.25) is 0 Å². The number of allylic oxidation sites excluding steroid dienone is 1. The number of aromatic nitrogens is 1. The van der Waals surface area contributed by atoms with Gasteiger partial charge in [-0.1, -0.05) is 18.2 Å². The van der Waals surface area contributed by atoms with Crippen molar-refractivity contribution in [2.75, 3.05) is 0 Å². The Labute approximate surface area is 188 Å². The monoisotopic (exact) mass is 476 g/mol.